The minimum Gasteiger partial charge on any atom is -0.496 e. The molecule has 0 aliphatic rings. The summed E-state index contributed by atoms with van der Waals surface area (Å²) < 4.78 is 6.97. The van der Waals surface area contributed by atoms with E-state index >= 15 is 0 Å². The first-order valence-corrected chi connectivity index (χ1v) is 10.2. The number of Topliss-reactive ketones (excluding diaryl/α,β-unsaturated/α-hetero) is 1. The number of ether oxygens (including phenoxy) is 1. The number of benzene rings is 1. The maximum Gasteiger partial charge on any atom is 0.185 e. The van der Waals surface area contributed by atoms with Crippen molar-refractivity contribution in [2.45, 2.75) is 26.7 Å². The van der Waals surface area contributed by atoms with Crippen molar-refractivity contribution < 1.29 is 9.53 Å². The second-order valence-electron chi connectivity index (χ2n) is 7.45. The van der Waals surface area contributed by atoms with Crippen molar-refractivity contribution in [3.05, 3.63) is 77.5 Å². The van der Waals surface area contributed by atoms with Gasteiger partial charge in [0, 0.05) is 35.8 Å². The Hall–Kier alpha value is -4.07. The van der Waals surface area contributed by atoms with E-state index in [4.69, 9.17) is 10.5 Å². The molecule has 2 N–H and O–H groups in total. The topological polar surface area (TPSA) is 109 Å². The highest BCUT2D eigenvalue weighted by Gasteiger charge is 2.21. The Kier molecular flexibility index (Phi) is 5.93. The second kappa shape index (κ2) is 8.97. The number of ketones is 1. The van der Waals surface area contributed by atoms with E-state index in [0.717, 1.165) is 28.3 Å². The fourth-order valence-electron chi connectivity index (χ4n) is 3.64. The fourth-order valence-corrected chi connectivity index (χ4v) is 3.64. The van der Waals surface area contributed by atoms with Gasteiger partial charge in [-0.2, -0.15) is 5.10 Å². The van der Waals surface area contributed by atoms with Gasteiger partial charge in [-0.3, -0.25) is 9.78 Å². The summed E-state index contributed by atoms with van der Waals surface area (Å²) in [5.41, 5.74) is 10.3. The molecule has 0 spiro atoms. The average Bonchev–Trinajstić information content (AvgIpc) is 3.31. The lowest BCUT2D eigenvalue weighted by Crippen LogP contribution is -2.14. The van der Waals surface area contributed by atoms with Crippen LogP contribution in [0.15, 0.2) is 54.9 Å². The second-order valence-corrected chi connectivity index (χ2v) is 7.45. The number of para-hydroxylation sites is 1. The number of hydrogen-bond acceptors (Lipinski definition) is 7. The lowest BCUT2D eigenvalue weighted by atomic mass is 10.0. The molecule has 0 fully saturated rings. The summed E-state index contributed by atoms with van der Waals surface area (Å²) in [6.07, 6.45) is 4.15. The third-order valence-corrected chi connectivity index (χ3v) is 5.06. The van der Waals surface area contributed by atoms with Gasteiger partial charge in [0.05, 0.1) is 7.11 Å². The molecule has 3 heterocycles. The molecule has 0 aliphatic carbocycles. The van der Waals surface area contributed by atoms with E-state index in [1.54, 1.807) is 30.3 Å². The van der Waals surface area contributed by atoms with Crippen LogP contribution in [-0.4, -0.2) is 37.6 Å². The summed E-state index contributed by atoms with van der Waals surface area (Å²) in [7, 11) is 1.61. The molecule has 8 nitrogen and oxygen atoms in total. The van der Waals surface area contributed by atoms with Crippen LogP contribution in [0.2, 0.25) is 0 Å². The van der Waals surface area contributed by atoms with E-state index < -0.39 is 0 Å². The van der Waals surface area contributed by atoms with Crippen LogP contribution < -0.4 is 10.5 Å². The van der Waals surface area contributed by atoms with Gasteiger partial charge in [0.2, 0.25) is 0 Å². The van der Waals surface area contributed by atoms with Gasteiger partial charge in [-0.05, 0) is 50.1 Å². The fraction of sp³-hybridized carbons (Fsp3) is 0.208. The normalized spacial score (nSPS) is 10.8. The van der Waals surface area contributed by atoms with E-state index in [2.05, 4.69) is 20.1 Å². The maximum absolute atomic E-state index is 13.1. The molecule has 0 bridgehead atoms. The van der Waals surface area contributed by atoms with Crippen LogP contribution in [0.4, 0.5) is 5.82 Å². The molecule has 8 heteroatoms. The molecule has 0 saturated carbocycles. The molecule has 3 aromatic heterocycles. The number of aromatic nitrogens is 5. The summed E-state index contributed by atoms with van der Waals surface area (Å²) in [6, 6.07) is 13.2. The monoisotopic (exact) mass is 428 g/mol. The Balaban J connectivity index is 1.74. The van der Waals surface area contributed by atoms with Crippen molar-refractivity contribution in [1.82, 2.24) is 24.7 Å². The van der Waals surface area contributed by atoms with Gasteiger partial charge in [0.1, 0.15) is 17.1 Å². The predicted molar refractivity (Wildman–Crippen MR) is 122 cm³/mol. The summed E-state index contributed by atoms with van der Waals surface area (Å²) in [5.74, 6) is 1.10. The number of methoxy groups -OCH3 is 1. The molecule has 4 aromatic rings. The van der Waals surface area contributed by atoms with Gasteiger partial charge in [-0.15, -0.1) is 0 Å². The molecule has 0 aliphatic heterocycles. The molecule has 0 unspecified atom stereocenters. The van der Waals surface area contributed by atoms with Crippen LogP contribution >= 0.6 is 0 Å². The number of carbonyl (C=O) groups is 1. The molecule has 0 saturated heterocycles. The van der Waals surface area contributed by atoms with Gasteiger partial charge in [-0.25, -0.2) is 14.6 Å². The van der Waals surface area contributed by atoms with Gasteiger partial charge in [0.25, 0.3) is 0 Å². The molecular weight excluding hydrogens is 404 g/mol. The van der Waals surface area contributed by atoms with Crippen LogP contribution in [0.3, 0.4) is 0 Å². The number of anilines is 1. The first-order chi connectivity index (χ1) is 15.5. The number of nitrogen functional groups attached to an aromatic ring is 1. The van der Waals surface area contributed by atoms with Crippen LogP contribution in [0.25, 0.3) is 17.1 Å². The highest BCUT2D eigenvalue weighted by molar-refractivity contribution is 5.99. The molecule has 162 valence electrons. The highest BCUT2D eigenvalue weighted by Crippen LogP contribution is 2.27. The third-order valence-electron chi connectivity index (χ3n) is 5.06. The first-order valence-electron chi connectivity index (χ1n) is 10.2. The van der Waals surface area contributed by atoms with Crippen molar-refractivity contribution >= 4 is 11.6 Å². The number of pyridine rings is 1. The lowest BCUT2D eigenvalue weighted by molar-refractivity contribution is 0.0978. The number of aryl methyl sites for hydroxylation is 3. The number of nitrogens with zero attached hydrogens (tertiary/aromatic N) is 5. The highest BCUT2D eigenvalue weighted by atomic mass is 16.5. The van der Waals surface area contributed by atoms with Crippen molar-refractivity contribution in [3.63, 3.8) is 0 Å². The summed E-state index contributed by atoms with van der Waals surface area (Å²) in [4.78, 5) is 26.7. The summed E-state index contributed by atoms with van der Waals surface area (Å²) in [5, 5.41) is 4.27. The Labute approximate surface area is 186 Å². The van der Waals surface area contributed by atoms with Crippen molar-refractivity contribution in [2.24, 2.45) is 0 Å². The van der Waals surface area contributed by atoms with Crippen LogP contribution in [-0.2, 0) is 6.42 Å². The lowest BCUT2D eigenvalue weighted by Gasteiger charge is -2.13. The van der Waals surface area contributed by atoms with Gasteiger partial charge in [0.15, 0.2) is 17.4 Å². The SMILES string of the molecule is COc1ccccc1CCC(=O)c1nc(-c2cc(C)nc(C)c2)c(-n2cccn2)nc1N. The molecular formula is C24H24N6O2. The molecule has 32 heavy (non-hydrogen) atoms. The summed E-state index contributed by atoms with van der Waals surface area (Å²) in [6.45, 7) is 3.82. The number of hydrogen-bond donors (Lipinski definition) is 1. The smallest absolute Gasteiger partial charge is 0.185 e. The van der Waals surface area contributed by atoms with Crippen LogP contribution in [0.5, 0.6) is 5.75 Å². The Morgan fingerprint density at radius 3 is 2.50 bits per heavy atom. The van der Waals surface area contributed by atoms with E-state index in [1.807, 2.05) is 50.2 Å². The van der Waals surface area contributed by atoms with E-state index in [0.29, 0.717) is 17.9 Å². The van der Waals surface area contributed by atoms with Gasteiger partial charge in [-0.1, -0.05) is 18.2 Å². The maximum atomic E-state index is 13.1. The number of nitrogens with two attached hydrogens (primary N) is 1. The number of rotatable bonds is 7. The third kappa shape index (κ3) is 4.34. The van der Waals surface area contributed by atoms with Gasteiger partial charge < -0.3 is 10.5 Å². The van der Waals surface area contributed by atoms with Crippen molar-refractivity contribution in [2.75, 3.05) is 12.8 Å². The van der Waals surface area contributed by atoms with Crippen LogP contribution in [0.1, 0.15) is 33.9 Å². The molecule has 1 aromatic carbocycles. The minimum absolute atomic E-state index is 0.0757. The van der Waals surface area contributed by atoms with Crippen LogP contribution in [0, 0.1) is 13.8 Å². The number of carbonyl (C=O) groups excluding carboxylic acids is 1. The zero-order valence-corrected chi connectivity index (χ0v) is 18.2. The van der Waals surface area contributed by atoms with E-state index in [9.17, 15) is 4.79 Å². The zero-order valence-electron chi connectivity index (χ0n) is 18.2. The zero-order chi connectivity index (χ0) is 22.7. The standard InChI is InChI=1S/C24H24N6O2/c1-15-13-18(14-16(2)27-15)21-24(30-12-6-11-26-30)29-23(25)22(28-21)19(31)10-9-17-7-4-5-8-20(17)32-3/h4-8,11-14H,9-10H2,1-3H3,(H2,25,29). The average molecular weight is 428 g/mol. The molecule has 0 amide bonds. The Morgan fingerprint density at radius 1 is 1.06 bits per heavy atom. The molecule has 4 rings (SSSR count). The largest absolute Gasteiger partial charge is 0.496 e. The van der Waals surface area contributed by atoms with Crippen molar-refractivity contribution in [1.29, 1.82) is 0 Å². The Morgan fingerprint density at radius 2 is 1.81 bits per heavy atom. The predicted octanol–water partition coefficient (Wildman–Crippen LogP) is 3.75. The van der Waals surface area contributed by atoms with Gasteiger partial charge >= 0.3 is 0 Å². The first kappa shape index (κ1) is 21.2. The summed E-state index contributed by atoms with van der Waals surface area (Å²) >= 11 is 0. The van der Waals surface area contributed by atoms with E-state index in [-0.39, 0.29) is 23.7 Å². The van der Waals surface area contributed by atoms with Crippen molar-refractivity contribution in [3.8, 4) is 22.8 Å². The molecule has 0 radical (unpaired) electrons. The Bertz CT molecular complexity index is 1250. The minimum atomic E-state index is -0.184. The molecule has 0 atom stereocenters. The quantitative estimate of drug-likeness (QED) is 0.447. The van der Waals surface area contributed by atoms with E-state index in [1.165, 1.54) is 0 Å².